The Morgan fingerprint density at radius 2 is 1.94 bits per heavy atom. The fraction of sp³-hybridized carbons (Fsp3) is 0.250. The van der Waals surface area contributed by atoms with Gasteiger partial charge in [-0.15, -0.1) is 0 Å². The topological polar surface area (TPSA) is 90.2 Å². The van der Waals surface area contributed by atoms with Crippen molar-refractivity contribution >= 4 is 17.6 Å². The Kier molecular flexibility index (Phi) is 5.29. The Morgan fingerprint density at radius 1 is 1.09 bits per heavy atom. The molecule has 0 amide bonds. The minimum Gasteiger partial charge on any atom is -0.486 e. The Labute approximate surface area is 192 Å². The Bertz CT molecular complexity index is 1300. The molecule has 0 saturated carbocycles. The fourth-order valence-electron chi connectivity index (χ4n) is 3.98. The van der Waals surface area contributed by atoms with E-state index in [0.717, 1.165) is 17.2 Å². The molecule has 0 fully saturated rings. The van der Waals surface area contributed by atoms with Gasteiger partial charge < -0.3 is 24.3 Å². The quantitative estimate of drug-likeness (QED) is 0.495. The first-order chi connectivity index (χ1) is 16.0. The minimum absolute atomic E-state index is 0.0672. The molecular weight excluding hydrogens is 418 g/mol. The first-order valence-corrected chi connectivity index (χ1v) is 10.6. The van der Waals surface area contributed by atoms with Crippen molar-refractivity contribution in [2.75, 3.05) is 31.0 Å². The predicted molar refractivity (Wildman–Crippen MR) is 126 cm³/mol. The molecule has 0 spiro atoms. The first-order valence-electron chi connectivity index (χ1n) is 10.6. The number of hydrogen-bond acceptors (Lipinski definition) is 8. The van der Waals surface area contributed by atoms with Gasteiger partial charge in [0.05, 0.1) is 31.4 Å². The summed E-state index contributed by atoms with van der Waals surface area (Å²) in [6.07, 6.45) is 5.34. The van der Waals surface area contributed by atoms with E-state index in [1.807, 2.05) is 49.0 Å². The van der Waals surface area contributed by atoms with Crippen LogP contribution in [0.3, 0.4) is 0 Å². The third-order valence-electron chi connectivity index (χ3n) is 5.75. The van der Waals surface area contributed by atoms with Gasteiger partial charge in [0.2, 0.25) is 11.8 Å². The second-order valence-corrected chi connectivity index (χ2v) is 7.95. The van der Waals surface area contributed by atoms with Crippen LogP contribution < -0.4 is 19.7 Å². The molecule has 1 unspecified atom stereocenters. The van der Waals surface area contributed by atoms with Gasteiger partial charge in [0.25, 0.3) is 0 Å². The molecule has 0 bridgehead atoms. The Hall–Kier alpha value is -4.14. The number of methoxy groups -OCH3 is 1. The second kappa shape index (κ2) is 8.42. The Balaban J connectivity index is 1.41. The maximum atomic E-state index is 5.99. The molecule has 0 saturated heterocycles. The molecule has 9 nitrogen and oxygen atoms in total. The van der Waals surface area contributed by atoms with E-state index in [1.54, 1.807) is 19.6 Å². The monoisotopic (exact) mass is 443 g/mol. The number of hydrogen-bond donors (Lipinski definition) is 1. The zero-order chi connectivity index (χ0) is 22.9. The highest BCUT2D eigenvalue weighted by molar-refractivity contribution is 5.60. The zero-order valence-corrected chi connectivity index (χ0v) is 19.0. The highest BCUT2D eigenvalue weighted by atomic mass is 16.5. The summed E-state index contributed by atoms with van der Waals surface area (Å²) >= 11 is 0. The molecule has 1 aromatic carbocycles. The third-order valence-corrected chi connectivity index (χ3v) is 5.75. The smallest absolute Gasteiger partial charge is 0.240 e. The molecule has 1 N–H and O–H groups in total. The van der Waals surface area contributed by atoms with Gasteiger partial charge in [0.1, 0.15) is 18.1 Å². The predicted octanol–water partition coefficient (Wildman–Crippen LogP) is 4.00. The second-order valence-electron chi connectivity index (χ2n) is 7.95. The van der Waals surface area contributed by atoms with Gasteiger partial charge in [0.15, 0.2) is 11.6 Å². The molecule has 3 aromatic heterocycles. The number of fused-ring (bicyclic) bond motifs is 1. The maximum absolute atomic E-state index is 5.99. The minimum atomic E-state index is 0.0672. The van der Waals surface area contributed by atoms with Crippen molar-refractivity contribution < 1.29 is 9.47 Å². The van der Waals surface area contributed by atoms with Crippen molar-refractivity contribution in [3.63, 3.8) is 0 Å². The molecule has 0 aliphatic carbocycles. The number of imidazole rings is 1. The summed E-state index contributed by atoms with van der Waals surface area (Å²) in [6, 6.07) is 12.2. The number of benzene rings is 1. The van der Waals surface area contributed by atoms with E-state index in [9.17, 15) is 0 Å². The van der Waals surface area contributed by atoms with Crippen LogP contribution in [-0.2, 0) is 0 Å². The highest BCUT2D eigenvalue weighted by Gasteiger charge is 2.29. The molecule has 4 heterocycles. The Morgan fingerprint density at radius 3 is 2.70 bits per heavy atom. The summed E-state index contributed by atoms with van der Waals surface area (Å²) in [5.41, 5.74) is 4.15. The largest absolute Gasteiger partial charge is 0.486 e. The summed E-state index contributed by atoms with van der Waals surface area (Å²) in [4.78, 5) is 20.1. The SMILES string of the molecule is COc1nc(Nc2ncc3c(n2)N(C)C(c2ccccc2C)CO3)ccc1-n1cnc(C)c1. The number of nitrogens with zero attached hydrogens (tertiary/aromatic N) is 6. The van der Waals surface area contributed by atoms with Gasteiger partial charge in [-0.25, -0.2) is 9.97 Å². The van der Waals surface area contributed by atoms with Crippen LogP contribution >= 0.6 is 0 Å². The van der Waals surface area contributed by atoms with Crippen LogP contribution in [0.2, 0.25) is 0 Å². The van der Waals surface area contributed by atoms with E-state index >= 15 is 0 Å². The van der Waals surface area contributed by atoms with Crippen LogP contribution in [0, 0.1) is 13.8 Å². The summed E-state index contributed by atoms with van der Waals surface area (Å²) in [5.74, 6) is 2.85. The van der Waals surface area contributed by atoms with Crippen molar-refractivity contribution in [2.45, 2.75) is 19.9 Å². The van der Waals surface area contributed by atoms with Crippen molar-refractivity contribution in [3.05, 3.63) is 71.9 Å². The standard InChI is InChI=1S/C24H25N7O2/c1-15-7-5-6-8-17(15)19-13-33-20-11-25-24(29-22(20)30(19)3)28-21-10-9-18(23(27-21)32-4)31-12-16(2)26-14-31/h5-12,14,19H,13H2,1-4H3,(H,25,27,28,29). The van der Waals surface area contributed by atoms with Crippen molar-refractivity contribution in [1.29, 1.82) is 0 Å². The lowest BCUT2D eigenvalue weighted by Crippen LogP contribution is -2.34. The van der Waals surface area contributed by atoms with Crippen LogP contribution in [0.1, 0.15) is 22.9 Å². The highest BCUT2D eigenvalue weighted by Crippen LogP contribution is 2.38. The number of anilines is 3. The van der Waals surface area contributed by atoms with Crippen LogP contribution in [0.4, 0.5) is 17.6 Å². The maximum Gasteiger partial charge on any atom is 0.240 e. The summed E-state index contributed by atoms with van der Waals surface area (Å²) in [6.45, 7) is 4.59. The lowest BCUT2D eigenvalue weighted by Gasteiger charge is -2.35. The van der Waals surface area contributed by atoms with E-state index in [-0.39, 0.29) is 6.04 Å². The lowest BCUT2D eigenvalue weighted by atomic mass is 10.00. The number of pyridine rings is 1. The lowest BCUT2D eigenvalue weighted by molar-refractivity contribution is 0.264. The molecule has 168 valence electrons. The van der Waals surface area contributed by atoms with Crippen molar-refractivity contribution in [3.8, 4) is 17.3 Å². The molecule has 1 aliphatic heterocycles. The van der Waals surface area contributed by atoms with E-state index in [4.69, 9.17) is 14.5 Å². The summed E-state index contributed by atoms with van der Waals surface area (Å²) in [5, 5.41) is 3.18. The van der Waals surface area contributed by atoms with Gasteiger partial charge in [-0.2, -0.15) is 9.97 Å². The van der Waals surface area contributed by atoms with Gasteiger partial charge in [-0.3, -0.25) is 0 Å². The number of likely N-dealkylation sites (N-methyl/N-ethyl adjacent to an activating group) is 1. The fourth-order valence-corrected chi connectivity index (χ4v) is 3.98. The van der Waals surface area contributed by atoms with Crippen LogP contribution in [-0.4, -0.2) is 45.3 Å². The van der Waals surface area contributed by atoms with Crippen LogP contribution in [0.15, 0.2) is 55.1 Å². The van der Waals surface area contributed by atoms with Crippen LogP contribution in [0.25, 0.3) is 5.69 Å². The number of aromatic nitrogens is 5. The first kappa shape index (κ1) is 20.7. The van der Waals surface area contributed by atoms with E-state index in [1.165, 1.54) is 11.1 Å². The zero-order valence-electron chi connectivity index (χ0n) is 19.0. The van der Waals surface area contributed by atoms with E-state index in [0.29, 0.717) is 30.0 Å². The summed E-state index contributed by atoms with van der Waals surface area (Å²) in [7, 11) is 3.62. The average Bonchev–Trinajstić information content (AvgIpc) is 3.26. The molecule has 9 heteroatoms. The van der Waals surface area contributed by atoms with Crippen molar-refractivity contribution in [2.24, 2.45) is 0 Å². The molecule has 1 atom stereocenters. The van der Waals surface area contributed by atoms with E-state index in [2.05, 4.69) is 44.2 Å². The number of aryl methyl sites for hydroxylation is 2. The normalized spacial score (nSPS) is 15.0. The average molecular weight is 444 g/mol. The third kappa shape index (κ3) is 3.93. The molecule has 4 aromatic rings. The molecule has 5 rings (SSSR count). The van der Waals surface area contributed by atoms with E-state index < -0.39 is 0 Å². The van der Waals surface area contributed by atoms with Gasteiger partial charge >= 0.3 is 0 Å². The number of nitrogens with one attached hydrogen (secondary N) is 1. The summed E-state index contributed by atoms with van der Waals surface area (Å²) < 4.78 is 13.4. The van der Waals surface area contributed by atoms with Crippen LogP contribution in [0.5, 0.6) is 11.6 Å². The van der Waals surface area contributed by atoms with Gasteiger partial charge in [-0.1, -0.05) is 24.3 Å². The molecule has 0 radical (unpaired) electrons. The van der Waals surface area contributed by atoms with Crippen molar-refractivity contribution in [1.82, 2.24) is 24.5 Å². The molecule has 33 heavy (non-hydrogen) atoms. The molecular formula is C24H25N7O2. The number of ether oxygens (including phenoxy) is 2. The van der Waals surface area contributed by atoms with Gasteiger partial charge in [0, 0.05) is 13.2 Å². The van der Waals surface area contributed by atoms with Gasteiger partial charge in [-0.05, 0) is 37.1 Å². The molecule has 1 aliphatic rings. The number of rotatable bonds is 5.